The number of carbonyl (C=O) groups excluding carboxylic acids is 1. The molecule has 3 nitrogen and oxygen atoms in total. The van der Waals surface area contributed by atoms with Crippen molar-refractivity contribution >= 4 is 6.03 Å². The first kappa shape index (κ1) is 18.7. The number of benzene rings is 2. The van der Waals surface area contributed by atoms with Crippen molar-refractivity contribution in [2.45, 2.75) is 19.3 Å². The lowest BCUT2D eigenvalue weighted by atomic mass is 10.1. The van der Waals surface area contributed by atoms with Gasteiger partial charge in [0, 0.05) is 31.8 Å². The summed E-state index contributed by atoms with van der Waals surface area (Å²) in [5.41, 5.74) is -0.136. The van der Waals surface area contributed by atoms with Crippen LogP contribution in [0.2, 0.25) is 0 Å². The zero-order valence-electron chi connectivity index (χ0n) is 13.2. The normalized spacial score (nSPS) is 11.3. The molecule has 134 valence electrons. The smallest absolute Gasteiger partial charge is 0.334 e. The average molecular weight is 358 g/mol. The van der Waals surface area contributed by atoms with E-state index in [0.29, 0.717) is 5.56 Å². The third-order valence-electron chi connectivity index (χ3n) is 3.49. The van der Waals surface area contributed by atoms with E-state index >= 15 is 0 Å². The number of nitrogens with one attached hydrogen (secondary N) is 1. The summed E-state index contributed by atoms with van der Waals surface area (Å²) in [5.74, 6) is -1.47. The van der Waals surface area contributed by atoms with Gasteiger partial charge < -0.3 is 10.2 Å². The summed E-state index contributed by atoms with van der Waals surface area (Å²) >= 11 is 0. The van der Waals surface area contributed by atoms with Crippen LogP contribution in [0.4, 0.5) is 26.7 Å². The summed E-state index contributed by atoms with van der Waals surface area (Å²) < 4.78 is 63.8. The van der Waals surface area contributed by atoms with E-state index in [1.165, 1.54) is 30.1 Å². The molecule has 25 heavy (non-hydrogen) atoms. The second-order valence-electron chi connectivity index (χ2n) is 5.45. The number of amides is 2. The maximum atomic E-state index is 13.6. The molecular weight excluding hydrogens is 343 g/mol. The highest BCUT2D eigenvalue weighted by atomic mass is 19.4. The Bertz CT molecular complexity index is 744. The number of rotatable bonds is 4. The summed E-state index contributed by atoms with van der Waals surface area (Å²) in [6.07, 6.45) is -4.42. The van der Waals surface area contributed by atoms with Gasteiger partial charge in [0.2, 0.25) is 0 Å². The second-order valence-corrected chi connectivity index (χ2v) is 5.45. The Morgan fingerprint density at radius 3 is 2.28 bits per heavy atom. The fraction of sp³-hybridized carbons (Fsp3) is 0.235. The quantitative estimate of drug-likeness (QED) is 0.811. The fourth-order valence-corrected chi connectivity index (χ4v) is 2.10. The van der Waals surface area contributed by atoms with Crippen LogP contribution in [0, 0.1) is 11.6 Å². The summed E-state index contributed by atoms with van der Waals surface area (Å²) in [6, 6.07) is 6.91. The van der Waals surface area contributed by atoms with Gasteiger partial charge in [-0.25, -0.2) is 13.6 Å². The molecule has 1 N–H and O–H groups in total. The molecule has 0 spiro atoms. The minimum atomic E-state index is -4.42. The van der Waals surface area contributed by atoms with Gasteiger partial charge in [0.1, 0.15) is 11.6 Å². The van der Waals surface area contributed by atoms with Crippen LogP contribution < -0.4 is 5.32 Å². The molecule has 2 rings (SSSR count). The molecule has 0 heterocycles. The fourth-order valence-electron chi connectivity index (χ4n) is 2.10. The van der Waals surface area contributed by atoms with E-state index in [0.717, 1.165) is 24.3 Å². The van der Waals surface area contributed by atoms with Gasteiger partial charge in [0.15, 0.2) is 0 Å². The molecular formula is C17H15F5N2O. The largest absolute Gasteiger partial charge is 0.416 e. The van der Waals surface area contributed by atoms with Gasteiger partial charge in [-0.2, -0.15) is 13.2 Å². The second kappa shape index (κ2) is 7.50. The Labute approximate surface area is 141 Å². The van der Waals surface area contributed by atoms with Crippen molar-refractivity contribution < 1.29 is 26.7 Å². The number of nitrogens with zero attached hydrogens (tertiary/aromatic N) is 1. The minimum absolute atomic E-state index is 0.0210. The zero-order valence-corrected chi connectivity index (χ0v) is 13.2. The molecule has 2 aromatic rings. The van der Waals surface area contributed by atoms with E-state index in [1.807, 2.05) is 0 Å². The summed E-state index contributed by atoms with van der Waals surface area (Å²) in [6.45, 7) is -0.0574. The number of urea groups is 1. The van der Waals surface area contributed by atoms with Crippen LogP contribution in [0.15, 0.2) is 42.5 Å². The van der Waals surface area contributed by atoms with Crippen molar-refractivity contribution in [1.29, 1.82) is 0 Å². The number of halogens is 5. The van der Waals surface area contributed by atoms with Crippen molar-refractivity contribution in [3.8, 4) is 0 Å². The van der Waals surface area contributed by atoms with Crippen molar-refractivity contribution in [3.05, 3.63) is 70.8 Å². The first-order valence-electron chi connectivity index (χ1n) is 7.26. The van der Waals surface area contributed by atoms with Gasteiger partial charge >= 0.3 is 12.2 Å². The SMILES string of the molecule is CN(Cc1ccc(F)cc1F)C(=O)NCc1ccc(C(F)(F)F)cc1. The predicted molar refractivity (Wildman–Crippen MR) is 81.5 cm³/mol. The summed E-state index contributed by atoms with van der Waals surface area (Å²) in [4.78, 5) is 13.1. The van der Waals surface area contributed by atoms with Crippen molar-refractivity contribution in [2.24, 2.45) is 0 Å². The molecule has 0 aliphatic heterocycles. The molecule has 0 aliphatic rings. The van der Waals surface area contributed by atoms with Gasteiger partial charge in [-0.1, -0.05) is 18.2 Å². The molecule has 0 aliphatic carbocycles. The molecule has 0 saturated carbocycles. The first-order valence-corrected chi connectivity index (χ1v) is 7.26. The number of carbonyl (C=O) groups is 1. The minimum Gasteiger partial charge on any atom is -0.334 e. The van der Waals surface area contributed by atoms with Crippen molar-refractivity contribution in [3.63, 3.8) is 0 Å². The van der Waals surface area contributed by atoms with E-state index in [1.54, 1.807) is 0 Å². The van der Waals surface area contributed by atoms with Gasteiger partial charge in [0.05, 0.1) is 5.56 Å². The molecule has 0 unspecified atom stereocenters. The van der Waals surface area contributed by atoms with Crippen LogP contribution in [0.25, 0.3) is 0 Å². The standard InChI is InChI=1S/C17H15F5N2O/c1-24(10-12-4-7-14(18)8-15(12)19)16(25)23-9-11-2-5-13(6-3-11)17(20,21)22/h2-8H,9-10H2,1H3,(H,23,25). The van der Waals surface area contributed by atoms with E-state index < -0.39 is 29.4 Å². The average Bonchev–Trinajstić information content (AvgIpc) is 2.54. The Hall–Kier alpha value is -2.64. The highest BCUT2D eigenvalue weighted by Gasteiger charge is 2.29. The third kappa shape index (κ3) is 5.17. The van der Waals surface area contributed by atoms with Gasteiger partial charge in [-0.3, -0.25) is 0 Å². The molecule has 0 radical (unpaired) electrons. The Morgan fingerprint density at radius 1 is 1.08 bits per heavy atom. The lowest BCUT2D eigenvalue weighted by molar-refractivity contribution is -0.137. The van der Waals surface area contributed by atoms with Gasteiger partial charge in [0.25, 0.3) is 0 Å². The molecule has 0 fully saturated rings. The van der Waals surface area contributed by atoms with Crippen LogP contribution in [-0.2, 0) is 19.3 Å². The highest BCUT2D eigenvalue weighted by molar-refractivity contribution is 5.73. The number of hydrogen-bond donors (Lipinski definition) is 1. The van der Waals surface area contributed by atoms with Crippen LogP contribution >= 0.6 is 0 Å². The number of alkyl halides is 3. The van der Waals surface area contributed by atoms with Gasteiger partial charge in [-0.05, 0) is 23.8 Å². The summed E-state index contributed by atoms with van der Waals surface area (Å²) in [5, 5.41) is 2.52. The molecule has 2 amide bonds. The lowest BCUT2D eigenvalue weighted by Gasteiger charge is -2.18. The summed E-state index contributed by atoms with van der Waals surface area (Å²) in [7, 11) is 1.42. The van der Waals surface area contributed by atoms with E-state index in [9.17, 15) is 26.7 Å². The Morgan fingerprint density at radius 2 is 1.72 bits per heavy atom. The lowest BCUT2D eigenvalue weighted by Crippen LogP contribution is -2.36. The molecule has 0 bridgehead atoms. The molecule has 8 heteroatoms. The van der Waals surface area contributed by atoms with Crippen molar-refractivity contribution in [1.82, 2.24) is 10.2 Å². The van der Waals surface area contributed by atoms with Gasteiger partial charge in [-0.15, -0.1) is 0 Å². The maximum Gasteiger partial charge on any atom is 0.416 e. The van der Waals surface area contributed by atoms with Crippen LogP contribution in [0.5, 0.6) is 0 Å². The molecule has 2 aromatic carbocycles. The highest BCUT2D eigenvalue weighted by Crippen LogP contribution is 2.29. The maximum absolute atomic E-state index is 13.6. The van der Waals surface area contributed by atoms with E-state index in [4.69, 9.17) is 0 Å². The molecule has 0 aromatic heterocycles. The third-order valence-corrected chi connectivity index (χ3v) is 3.49. The van der Waals surface area contributed by atoms with Crippen LogP contribution in [-0.4, -0.2) is 18.0 Å². The monoisotopic (exact) mass is 358 g/mol. The topological polar surface area (TPSA) is 32.3 Å². The zero-order chi connectivity index (χ0) is 18.6. The molecule has 0 saturated heterocycles. The molecule has 0 atom stereocenters. The van der Waals surface area contributed by atoms with Crippen molar-refractivity contribution in [2.75, 3.05) is 7.05 Å². The Balaban J connectivity index is 1.91. The van der Waals surface area contributed by atoms with Crippen LogP contribution in [0.3, 0.4) is 0 Å². The van der Waals surface area contributed by atoms with E-state index in [-0.39, 0.29) is 18.7 Å². The Kier molecular flexibility index (Phi) is 5.61. The van der Waals surface area contributed by atoms with E-state index in [2.05, 4.69) is 5.32 Å². The number of hydrogen-bond acceptors (Lipinski definition) is 1. The van der Waals surface area contributed by atoms with Crippen LogP contribution in [0.1, 0.15) is 16.7 Å². The first-order chi connectivity index (χ1) is 11.7. The predicted octanol–water partition coefficient (Wildman–Crippen LogP) is 4.33.